The molecule has 0 bridgehead atoms. The second-order valence-corrected chi connectivity index (χ2v) is 8.11. The summed E-state index contributed by atoms with van der Waals surface area (Å²) in [5.74, 6) is 0.596. The van der Waals surface area contributed by atoms with Crippen molar-refractivity contribution in [3.8, 4) is 5.75 Å². The fourth-order valence-corrected chi connectivity index (χ4v) is 4.24. The molecule has 0 spiro atoms. The Morgan fingerprint density at radius 3 is 2.54 bits per heavy atom. The van der Waals surface area contributed by atoms with E-state index >= 15 is 0 Å². The number of fused-ring (bicyclic) bond motifs is 1. The Balaban J connectivity index is 1.73. The zero-order valence-electron chi connectivity index (χ0n) is 14.9. The van der Waals surface area contributed by atoms with E-state index in [4.69, 9.17) is 4.74 Å². The second-order valence-electron chi connectivity index (χ2n) is 6.38. The fourth-order valence-electron chi connectivity index (χ4n) is 3.05. The molecule has 0 saturated carbocycles. The van der Waals surface area contributed by atoms with Crippen LogP contribution < -0.4 is 9.46 Å². The monoisotopic (exact) mass is 374 g/mol. The van der Waals surface area contributed by atoms with Crippen LogP contribution in [0.1, 0.15) is 23.6 Å². The lowest BCUT2D eigenvalue weighted by molar-refractivity contribution is -0.129. The van der Waals surface area contributed by atoms with Crippen LogP contribution in [0, 0.1) is 0 Å². The number of rotatable bonds is 5. The zero-order chi connectivity index (χ0) is 18.7. The first-order chi connectivity index (χ1) is 12.4. The summed E-state index contributed by atoms with van der Waals surface area (Å²) in [4.78, 5) is 13.3. The molecule has 3 rings (SSSR count). The van der Waals surface area contributed by atoms with Gasteiger partial charge in [0.2, 0.25) is 15.9 Å². The van der Waals surface area contributed by atoms with Crippen molar-refractivity contribution in [3.05, 3.63) is 59.2 Å². The maximum absolute atomic E-state index is 12.5. The molecule has 1 aliphatic rings. The summed E-state index contributed by atoms with van der Waals surface area (Å²) in [6.45, 7) is 2.76. The molecule has 1 aliphatic heterocycles. The fraction of sp³-hybridized carbons (Fsp3) is 0.316. The molecule has 0 radical (unpaired) electrons. The second kappa shape index (κ2) is 7.37. The first-order valence-electron chi connectivity index (χ1n) is 8.37. The Bertz CT molecular complexity index is 908. The number of carbonyl (C=O) groups is 1. The summed E-state index contributed by atoms with van der Waals surface area (Å²) >= 11 is 0. The SMILES string of the molecule is COc1ccc(CS(=O)(=O)Nc2ccc3c(c2)CN(C(C)=O)CC3)cc1. The van der Waals surface area contributed by atoms with Crippen molar-refractivity contribution in [2.24, 2.45) is 0 Å². The molecular formula is C19H22N2O4S. The van der Waals surface area contributed by atoms with Gasteiger partial charge in [-0.1, -0.05) is 18.2 Å². The number of anilines is 1. The molecule has 0 atom stereocenters. The van der Waals surface area contributed by atoms with Crippen molar-refractivity contribution in [1.29, 1.82) is 0 Å². The lowest BCUT2D eigenvalue weighted by atomic mass is 9.99. The molecule has 0 saturated heterocycles. The molecule has 0 aliphatic carbocycles. The van der Waals surface area contributed by atoms with Gasteiger partial charge in [0.15, 0.2) is 0 Å². The molecule has 26 heavy (non-hydrogen) atoms. The molecule has 1 N–H and O–H groups in total. The Labute approximate surface area is 153 Å². The van der Waals surface area contributed by atoms with E-state index in [1.807, 2.05) is 12.1 Å². The molecule has 7 heteroatoms. The molecule has 0 aromatic heterocycles. The Morgan fingerprint density at radius 2 is 1.88 bits per heavy atom. The van der Waals surface area contributed by atoms with E-state index in [1.165, 1.54) is 0 Å². The third-order valence-electron chi connectivity index (χ3n) is 4.45. The zero-order valence-corrected chi connectivity index (χ0v) is 15.7. The van der Waals surface area contributed by atoms with Gasteiger partial charge in [0, 0.05) is 25.7 Å². The highest BCUT2D eigenvalue weighted by Crippen LogP contribution is 2.24. The van der Waals surface area contributed by atoms with Crippen LogP contribution in [0.15, 0.2) is 42.5 Å². The van der Waals surface area contributed by atoms with Crippen molar-refractivity contribution < 1.29 is 17.9 Å². The number of carbonyl (C=O) groups excluding carboxylic acids is 1. The van der Waals surface area contributed by atoms with Crippen molar-refractivity contribution in [2.45, 2.75) is 25.6 Å². The number of sulfonamides is 1. The number of ether oxygens (including phenoxy) is 1. The van der Waals surface area contributed by atoms with Crippen LogP contribution in [0.25, 0.3) is 0 Å². The van der Waals surface area contributed by atoms with E-state index in [1.54, 1.807) is 49.3 Å². The molecule has 2 aromatic carbocycles. The molecule has 138 valence electrons. The van der Waals surface area contributed by atoms with Gasteiger partial charge in [0.25, 0.3) is 0 Å². The summed E-state index contributed by atoms with van der Waals surface area (Å²) < 4.78 is 32.6. The summed E-state index contributed by atoms with van der Waals surface area (Å²) in [6.07, 6.45) is 0.786. The average Bonchev–Trinajstić information content (AvgIpc) is 2.61. The van der Waals surface area contributed by atoms with E-state index < -0.39 is 10.0 Å². The summed E-state index contributed by atoms with van der Waals surface area (Å²) in [5.41, 5.74) is 3.33. The number of benzene rings is 2. The molecule has 0 unspecified atom stereocenters. The number of methoxy groups -OCH3 is 1. The highest BCUT2D eigenvalue weighted by Gasteiger charge is 2.19. The van der Waals surface area contributed by atoms with Gasteiger partial charge in [-0.25, -0.2) is 8.42 Å². The Kier molecular flexibility index (Phi) is 5.18. The number of nitrogens with one attached hydrogen (secondary N) is 1. The number of hydrogen-bond donors (Lipinski definition) is 1. The van der Waals surface area contributed by atoms with Gasteiger partial charge in [-0.2, -0.15) is 0 Å². The third kappa shape index (κ3) is 4.35. The van der Waals surface area contributed by atoms with E-state index in [0.717, 1.165) is 17.5 Å². The van der Waals surface area contributed by atoms with E-state index in [9.17, 15) is 13.2 Å². The smallest absolute Gasteiger partial charge is 0.236 e. The Hall–Kier alpha value is -2.54. The van der Waals surface area contributed by atoms with Crippen LogP contribution in [-0.4, -0.2) is 32.9 Å². The highest BCUT2D eigenvalue weighted by atomic mass is 32.2. The normalized spacial score (nSPS) is 13.8. The average molecular weight is 374 g/mol. The lowest BCUT2D eigenvalue weighted by Gasteiger charge is -2.28. The van der Waals surface area contributed by atoms with Crippen molar-refractivity contribution >= 4 is 21.6 Å². The van der Waals surface area contributed by atoms with Gasteiger partial charge < -0.3 is 9.64 Å². The van der Waals surface area contributed by atoms with Gasteiger partial charge in [0.05, 0.1) is 12.9 Å². The van der Waals surface area contributed by atoms with Crippen LogP contribution >= 0.6 is 0 Å². The third-order valence-corrected chi connectivity index (χ3v) is 5.71. The van der Waals surface area contributed by atoms with Crippen LogP contribution in [0.3, 0.4) is 0 Å². The summed E-state index contributed by atoms with van der Waals surface area (Å²) in [6, 6.07) is 12.5. The van der Waals surface area contributed by atoms with Gasteiger partial charge in [-0.3, -0.25) is 9.52 Å². The first-order valence-corrected chi connectivity index (χ1v) is 10.0. The molecular weight excluding hydrogens is 352 g/mol. The Morgan fingerprint density at radius 1 is 1.15 bits per heavy atom. The van der Waals surface area contributed by atoms with E-state index in [-0.39, 0.29) is 11.7 Å². The van der Waals surface area contributed by atoms with Gasteiger partial charge in [-0.15, -0.1) is 0 Å². The molecule has 0 fully saturated rings. The van der Waals surface area contributed by atoms with Crippen molar-refractivity contribution in [3.63, 3.8) is 0 Å². The highest BCUT2D eigenvalue weighted by molar-refractivity contribution is 7.91. The first kappa shape index (κ1) is 18.3. The van der Waals surface area contributed by atoms with Gasteiger partial charge in [0.1, 0.15) is 5.75 Å². The number of nitrogens with zero attached hydrogens (tertiary/aromatic N) is 1. The van der Waals surface area contributed by atoms with Crippen LogP contribution in [-0.2, 0) is 33.5 Å². The molecule has 2 aromatic rings. The predicted octanol–water partition coefficient (Wildman–Crippen LogP) is 2.54. The topological polar surface area (TPSA) is 75.7 Å². The quantitative estimate of drug-likeness (QED) is 0.873. The predicted molar refractivity (Wildman–Crippen MR) is 100 cm³/mol. The minimum absolute atomic E-state index is 0.0288. The van der Waals surface area contributed by atoms with Crippen molar-refractivity contribution in [1.82, 2.24) is 4.90 Å². The largest absolute Gasteiger partial charge is 0.497 e. The number of hydrogen-bond acceptors (Lipinski definition) is 4. The maximum atomic E-state index is 12.5. The minimum Gasteiger partial charge on any atom is -0.497 e. The van der Waals surface area contributed by atoms with E-state index in [2.05, 4.69) is 4.72 Å². The van der Waals surface area contributed by atoms with Gasteiger partial charge in [-0.05, 0) is 47.4 Å². The van der Waals surface area contributed by atoms with Crippen molar-refractivity contribution in [2.75, 3.05) is 18.4 Å². The minimum atomic E-state index is -3.54. The molecule has 6 nitrogen and oxygen atoms in total. The molecule has 1 amide bonds. The summed E-state index contributed by atoms with van der Waals surface area (Å²) in [7, 11) is -1.97. The van der Waals surface area contributed by atoms with Crippen LogP contribution in [0.5, 0.6) is 5.75 Å². The van der Waals surface area contributed by atoms with Gasteiger partial charge >= 0.3 is 0 Å². The molecule has 1 heterocycles. The number of amides is 1. The standard InChI is InChI=1S/C19H22N2O4S/c1-14(22)21-10-9-16-5-6-18(11-17(16)12-21)20-26(23,24)13-15-3-7-19(25-2)8-4-15/h3-8,11,20H,9-10,12-13H2,1-2H3. The lowest BCUT2D eigenvalue weighted by Crippen LogP contribution is -2.34. The maximum Gasteiger partial charge on any atom is 0.236 e. The van der Waals surface area contributed by atoms with E-state index in [0.29, 0.717) is 30.1 Å². The van der Waals surface area contributed by atoms with Crippen LogP contribution in [0.2, 0.25) is 0 Å². The summed E-state index contributed by atoms with van der Waals surface area (Å²) in [5, 5.41) is 0. The van der Waals surface area contributed by atoms with Crippen LogP contribution in [0.4, 0.5) is 5.69 Å².